The average molecular weight is 186 g/mol. The van der Waals surface area contributed by atoms with E-state index in [0.29, 0.717) is 6.54 Å². The van der Waals surface area contributed by atoms with Crippen LogP contribution in [-0.4, -0.2) is 24.3 Å². The summed E-state index contributed by atoms with van der Waals surface area (Å²) in [6.07, 6.45) is 5.21. The Kier molecular flexibility index (Phi) is 3.75. The van der Waals surface area contributed by atoms with Crippen LogP contribution in [0.3, 0.4) is 0 Å². The van der Waals surface area contributed by atoms with E-state index in [1.807, 2.05) is 49.2 Å². The van der Waals surface area contributed by atoms with Gasteiger partial charge >= 0.3 is 0 Å². The Morgan fingerprint density at radius 2 is 2.07 bits per heavy atom. The molecule has 0 amide bonds. The summed E-state index contributed by atoms with van der Waals surface area (Å²) < 4.78 is 0. The molecule has 2 heteroatoms. The lowest BCUT2D eigenvalue weighted by atomic mass is 10.3. The first-order valence-corrected chi connectivity index (χ1v) is 4.49. The third kappa shape index (κ3) is 2.95. The Balaban J connectivity index is 2.74. The Hall–Kier alpha value is -1.75. The van der Waals surface area contributed by atoms with Crippen LogP contribution < -0.4 is 0 Å². The Labute approximate surface area is 85.3 Å². The first-order valence-electron chi connectivity index (χ1n) is 4.49. The molecule has 0 aliphatic heterocycles. The molecule has 14 heavy (non-hydrogen) atoms. The highest BCUT2D eigenvalue weighted by atomic mass is 15.1. The van der Waals surface area contributed by atoms with Gasteiger partial charge in [-0.3, -0.25) is 0 Å². The van der Waals surface area contributed by atoms with E-state index in [1.165, 1.54) is 0 Å². The van der Waals surface area contributed by atoms with E-state index in [9.17, 15) is 0 Å². The summed E-state index contributed by atoms with van der Waals surface area (Å²) in [4.78, 5) is 6.36. The fourth-order valence-corrected chi connectivity index (χ4v) is 1.03. The number of rotatable bonds is 2. The van der Waals surface area contributed by atoms with Crippen molar-refractivity contribution in [2.24, 2.45) is 4.99 Å². The third-order valence-corrected chi connectivity index (χ3v) is 1.93. The predicted molar refractivity (Wildman–Crippen MR) is 60.7 cm³/mol. The number of aliphatic imine (C=N–C) groups is 1. The van der Waals surface area contributed by atoms with Gasteiger partial charge in [-0.05, 0) is 19.1 Å². The normalized spacial score (nSPS) is 10.8. The van der Waals surface area contributed by atoms with Crippen molar-refractivity contribution in [3.05, 3.63) is 30.3 Å². The number of hydrogen-bond donors (Lipinski definition) is 0. The quantitative estimate of drug-likeness (QED) is 0.393. The van der Waals surface area contributed by atoms with Crippen LogP contribution in [0, 0.1) is 12.3 Å². The van der Waals surface area contributed by atoms with Gasteiger partial charge in [-0.2, -0.15) is 0 Å². The molecule has 0 saturated heterocycles. The maximum Gasteiger partial charge on any atom is 0.102 e. The summed E-state index contributed by atoms with van der Waals surface area (Å²) >= 11 is 0. The molecule has 1 aromatic carbocycles. The third-order valence-electron chi connectivity index (χ3n) is 1.93. The van der Waals surface area contributed by atoms with Crippen LogP contribution in [0.2, 0.25) is 0 Å². The number of para-hydroxylation sites is 1. The van der Waals surface area contributed by atoms with Gasteiger partial charge < -0.3 is 4.90 Å². The lowest BCUT2D eigenvalue weighted by Gasteiger charge is -2.14. The van der Waals surface area contributed by atoms with E-state index in [0.717, 1.165) is 11.5 Å². The van der Waals surface area contributed by atoms with Crippen molar-refractivity contribution in [2.75, 3.05) is 13.6 Å². The van der Waals surface area contributed by atoms with E-state index in [1.54, 1.807) is 0 Å². The molecule has 0 radical (unpaired) electrons. The standard InChI is InChI=1S/C12H14N2/c1-4-10-14(3)11(2)13-12-8-6-5-7-9-12/h1,5-9H,10H2,2-3H3. The number of amidine groups is 1. The summed E-state index contributed by atoms with van der Waals surface area (Å²) in [5.74, 6) is 3.50. The van der Waals surface area contributed by atoms with Gasteiger partial charge in [0.1, 0.15) is 5.84 Å². The fraction of sp³-hybridized carbons (Fsp3) is 0.250. The molecule has 0 heterocycles. The van der Waals surface area contributed by atoms with Crippen molar-refractivity contribution in [1.29, 1.82) is 0 Å². The summed E-state index contributed by atoms with van der Waals surface area (Å²) in [5.41, 5.74) is 0.953. The maximum absolute atomic E-state index is 5.21. The van der Waals surface area contributed by atoms with E-state index in [-0.39, 0.29) is 0 Å². The van der Waals surface area contributed by atoms with Crippen LogP contribution >= 0.6 is 0 Å². The topological polar surface area (TPSA) is 15.6 Å². The SMILES string of the molecule is C#CCN(C)C(C)=Nc1ccccc1. The lowest BCUT2D eigenvalue weighted by Crippen LogP contribution is -2.24. The van der Waals surface area contributed by atoms with Gasteiger partial charge in [0.05, 0.1) is 12.2 Å². The molecule has 72 valence electrons. The average Bonchev–Trinajstić information content (AvgIpc) is 2.19. The maximum atomic E-state index is 5.21. The van der Waals surface area contributed by atoms with Gasteiger partial charge in [0.25, 0.3) is 0 Å². The second kappa shape index (κ2) is 5.08. The fourth-order valence-electron chi connectivity index (χ4n) is 1.03. The molecule has 0 bridgehead atoms. The first-order chi connectivity index (χ1) is 6.74. The second-order valence-corrected chi connectivity index (χ2v) is 3.05. The molecule has 1 rings (SSSR count). The Morgan fingerprint density at radius 1 is 1.43 bits per heavy atom. The number of terminal acetylenes is 1. The zero-order chi connectivity index (χ0) is 10.4. The van der Waals surface area contributed by atoms with Crippen molar-refractivity contribution >= 4 is 11.5 Å². The lowest BCUT2D eigenvalue weighted by molar-refractivity contribution is 0.570. The van der Waals surface area contributed by atoms with Crippen molar-refractivity contribution in [3.8, 4) is 12.3 Å². The van der Waals surface area contributed by atoms with E-state index < -0.39 is 0 Å². The van der Waals surface area contributed by atoms with Gasteiger partial charge in [0.2, 0.25) is 0 Å². The highest BCUT2D eigenvalue weighted by Crippen LogP contribution is 2.10. The van der Waals surface area contributed by atoms with Crippen molar-refractivity contribution in [1.82, 2.24) is 4.90 Å². The molecule has 0 saturated carbocycles. The van der Waals surface area contributed by atoms with Gasteiger partial charge in [0.15, 0.2) is 0 Å². The van der Waals surface area contributed by atoms with Gasteiger partial charge in [0, 0.05) is 7.05 Å². The van der Waals surface area contributed by atoms with E-state index >= 15 is 0 Å². The Morgan fingerprint density at radius 3 is 2.64 bits per heavy atom. The van der Waals surface area contributed by atoms with Crippen LogP contribution in [0.15, 0.2) is 35.3 Å². The van der Waals surface area contributed by atoms with Crippen LogP contribution in [0.25, 0.3) is 0 Å². The molecular weight excluding hydrogens is 172 g/mol. The molecule has 1 aromatic rings. The van der Waals surface area contributed by atoms with E-state index in [4.69, 9.17) is 6.42 Å². The largest absolute Gasteiger partial charge is 0.352 e. The van der Waals surface area contributed by atoms with Crippen LogP contribution in [0.4, 0.5) is 5.69 Å². The molecule has 0 unspecified atom stereocenters. The minimum Gasteiger partial charge on any atom is -0.352 e. The smallest absolute Gasteiger partial charge is 0.102 e. The number of nitrogens with zero attached hydrogens (tertiary/aromatic N) is 2. The molecule has 0 atom stereocenters. The van der Waals surface area contributed by atoms with Gasteiger partial charge in [-0.15, -0.1) is 6.42 Å². The molecule has 0 fully saturated rings. The predicted octanol–water partition coefficient (Wildman–Crippen LogP) is 2.30. The van der Waals surface area contributed by atoms with Crippen molar-refractivity contribution in [3.63, 3.8) is 0 Å². The Bertz CT molecular complexity index is 346. The highest BCUT2D eigenvalue weighted by Gasteiger charge is 1.97. The molecule has 0 aliphatic carbocycles. The van der Waals surface area contributed by atoms with Crippen LogP contribution in [-0.2, 0) is 0 Å². The number of benzene rings is 1. The summed E-state index contributed by atoms with van der Waals surface area (Å²) in [7, 11) is 1.93. The molecule has 0 aliphatic rings. The van der Waals surface area contributed by atoms with Gasteiger partial charge in [-0.1, -0.05) is 24.1 Å². The first kappa shape index (κ1) is 10.3. The van der Waals surface area contributed by atoms with E-state index in [2.05, 4.69) is 10.9 Å². The minimum absolute atomic E-state index is 0.585. The van der Waals surface area contributed by atoms with Crippen molar-refractivity contribution in [2.45, 2.75) is 6.92 Å². The van der Waals surface area contributed by atoms with Gasteiger partial charge in [-0.25, -0.2) is 4.99 Å². The summed E-state index contributed by atoms with van der Waals surface area (Å²) in [6.45, 7) is 2.53. The van der Waals surface area contributed by atoms with Crippen LogP contribution in [0.1, 0.15) is 6.92 Å². The molecular formula is C12H14N2. The minimum atomic E-state index is 0.585. The molecule has 0 aromatic heterocycles. The summed E-state index contributed by atoms with van der Waals surface area (Å²) in [6, 6.07) is 9.83. The molecule has 0 spiro atoms. The zero-order valence-corrected chi connectivity index (χ0v) is 8.57. The monoisotopic (exact) mass is 186 g/mol. The van der Waals surface area contributed by atoms with Crippen LogP contribution in [0.5, 0.6) is 0 Å². The number of hydrogen-bond acceptors (Lipinski definition) is 1. The zero-order valence-electron chi connectivity index (χ0n) is 8.57. The summed E-state index contributed by atoms with van der Waals surface area (Å²) in [5, 5.41) is 0. The second-order valence-electron chi connectivity index (χ2n) is 3.05. The highest BCUT2D eigenvalue weighted by molar-refractivity contribution is 5.82. The van der Waals surface area contributed by atoms with Crippen molar-refractivity contribution < 1.29 is 0 Å². The molecule has 2 nitrogen and oxygen atoms in total. The molecule has 0 N–H and O–H groups in total.